The van der Waals surface area contributed by atoms with Crippen LogP contribution in [0.15, 0.2) is 48.5 Å². The Labute approximate surface area is 139 Å². The maximum absolute atomic E-state index is 11.4. The second-order valence-corrected chi connectivity index (χ2v) is 11.7. The molecular formula is C19H21ClOSi. The first-order chi connectivity index (χ1) is 10.2. The van der Waals surface area contributed by atoms with Crippen LogP contribution in [0.25, 0.3) is 0 Å². The molecule has 22 heavy (non-hydrogen) atoms. The Hall–Kier alpha value is -1.53. The van der Waals surface area contributed by atoms with Gasteiger partial charge in [-0.1, -0.05) is 85.2 Å². The van der Waals surface area contributed by atoms with Crippen LogP contribution in [0.3, 0.4) is 0 Å². The van der Waals surface area contributed by atoms with Gasteiger partial charge in [0.25, 0.3) is 0 Å². The van der Waals surface area contributed by atoms with Crippen molar-refractivity contribution in [2.45, 2.75) is 32.2 Å². The van der Waals surface area contributed by atoms with Crippen molar-refractivity contribution < 1.29 is 5.11 Å². The predicted molar refractivity (Wildman–Crippen MR) is 96.8 cm³/mol. The zero-order valence-corrected chi connectivity index (χ0v) is 15.2. The summed E-state index contributed by atoms with van der Waals surface area (Å²) in [7, 11) is -1.63. The van der Waals surface area contributed by atoms with Crippen LogP contribution in [0, 0.1) is 18.4 Å². The molecule has 0 fully saturated rings. The second kappa shape index (κ2) is 6.30. The first kappa shape index (κ1) is 16.8. The van der Waals surface area contributed by atoms with Gasteiger partial charge in [-0.05, 0) is 13.0 Å². The third-order valence-electron chi connectivity index (χ3n) is 3.35. The van der Waals surface area contributed by atoms with Gasteiger partial charge in [0.15, 0.2) is 5.60 Å². The van der Waals surface area contributed by atoms with E-state index in [1.807, 2.05) is 49.4 Å². The fraction of sp³-hybridized carbons (Fsp3) is 0.263. The van der Waals surface area contributed by atoms with Crippen LogP contribution >= 0.6 is 11.6 Å². The van der Waals surface area contributed by atoms with Crippen molar-refractivity contribution >= 4 is 19.7 Å². The Morgan fingerprint density at radius 1 is 1.00 bits per heavy atom. The molecule has 0 saturated heterocycles. The lowest BCUT2D eigenvalue weighted by atomic mass is 9.87. The summed E-state index contributed by atoms with van der Waals surface area (Å²) in [6.45, 7) is 8.48. The molecule has 114 valence electrons. The smallest absolute Gasteiger partial charge is 0.177 e. The van der Waals surface area contributed by atoms with Crippen molar-refractivity contribution in [2.24, 2.45) is 0 Å². The topological polar surface area (TPSA) is 20.2 Å². The van der Waals surface area contributed by atoms with Gasteiger partial charge in [-0.25, -0.2) is 0 Å². The minimum atomic E-state index is -1.63. The van der Waals surface area contributed by atoms with Crippen molar-refractivity contribution in [3.05, 3.63) is 70.2 Å². The first-order valence-electron chi connectivity index (χ1n) is 7.31. The minimum absolute atomic E-state index is 0.524. The maximum atomic E-state index is 11.4. The highest BCUT2D eigenvalue weighted by Crippen LogP contribution is 2.34. The summed E-state index contributed by atoms with van der Waals surface area (Å²) in [5.74, 6) is 3.11. The van der Waals surface area contributed by atoms with E-state index in [1.165, 1.54) is 0 Å². The van der Waals surface area contributed by atoms with Gasteiger partial charge in [-0.2, -0.15) is 0 Å². The summed E-state index contributed by atoms with van der Waals surface area (Å²) in [5, 5.41) is 11.9. The molecular weight excluding hydrogens is 308 g/mol. The monoisotopic (exact) mass is 328 g/mol. The number of hydrogen-bond donors (Lipinski definition) is 1. The van der Waals surface area contributed by atoms with Gasteiger partial charge >= 0.3 is 0 Å². The summed E-state index contributed by atoms with van der Waals surface area (Å²) < 4.78 is 0. The highest BCUT2D eigenvalue weighted by atomic mass is 35.5. The van der Waals surface area contributed by atoms with Crippen LogP contribution in [0.5, 0.6) is 0 Å². The molecule has 1 unspecified atom stereocenters. The van der Waals surface area contributed by atoms with Crippen molar-refractivity contribution in [2.75, 3.05) is 0 Å². The van der Waals surface area contributed by atoms with Crippen molar-refractivity contribution in [1.82, 2.24) is 0 Å². The molecule has 0 spiro atoms. The largest absolute Gasteiger partial charge is 0.369 e. The highest BCUT2D eigenvalue weighted by molar-refractivity contribution is 6.83. The Morgan fingerprint density at radius 2 is 1.59 bits per heavy atom. The fourth-order valence-corrected chi connectivity index (χ4v) is 2.95. The van der Waals surface area contributed by atoms with E-state index in [0.717, 1.165) is 11.1 Å². The second-order valence-electron chi connectivity index (χ2n) is 6.56. The Bertz CT molecular complexity index is 720. The molecule has 3 heteroatoms. The number of rotatable bonds is 2. The Balaban J connectivity index is 2.66. The summed E-state index contributed by atoms with van der Waals surface area (Å²) >= 11 is 6.32. The van der Waals surface area contributed by atoms with E-state index in [-0.39, 0.29) is 0 Å². The zero-order chi connectivity index (χ0) is 16.4. The molecule has 0 saturated carbocycles. The third kappa shape index (κ3) is 3.81. The molecule has 0 amide bonds. The number of halogens is 1. The van der Waals surface area contributed by atoms with Gasteiger partial charge in [0, 0.05) is 16.1 Å². The number of aryl methyl sites for hydroxylation is 1. The summed E-state index contributed by atoms with van der Waals surface area (Å²) in [4.78, 5) is 0. The molecule has 0 bridgehead atoms. The number of benzene rings is 2. The molecule has 2 aromatic carbocycles. The molecule has 1 N–H and O–H groups in total. The van der Waals surface area contributed by atoms with Gasteiger partial charge in [0.2, 0.25) is 0 Å². The van der Waals surface area contributed by atoms with Crippen LogP contribution in [-0.4, -0.2) is 13.2 Å². The first-order valence-corrected chi connectivity index (χ1v) is 11.2. The normalized spacial score (nSPS) is 13.9. The van der Waals surface area contributed by atoms with E-state index in [4.69, 9.17) is 11.6 Å². The average Bonchev–Trinajstić information content (AvgIpc) is 2.45. The van der Waals surface area contributed by atoms with Gasteiger partial charge in [0.05, 0.1) is 0 Å². The molecule has 0 radical (unpaired) electrons. The van der Waals surface area contributed by atoms with Gasteiger partial charge in [-0.3, -0.25) is 0 Å². The van der Waals surface area contributed by atoms with E-state index in [1.54, 1.807) is 6.07 Å². The molecule has 2 aromatic rings. The number of hydrogen-bond acceptors (Lipinski definition) is 1. The van der Waals surface area contributed by atoms with Crippen LogP contribution in [0.1, 0.15) is 16.7 Å². The van der Waals surface area contributed by atoms with Crippen molar-refractivity contribution in [3.63, 3.8) is 0 Å². The Kier molecular flexibility index (Phi) is 4.82. The zero-order valence-electron chi connectivity index (χ0n) is 13.4. The van der Waals surface area contributed by atoms with Gasteiger partial charge in [0.1, 0.15) is 8.07 Å². The lowest BCUT2D eigenvalue weighted by molar-refractivity contribution is 0.145. The summed E-state index contributed by atoms with van der Waals surface area (Å²) in [5.41, 5.74) is 4.42. The van der Waals surface area contributed by atoms with Gasteiger partial charge < -0.3 is 5.11 Å². The molecule has 2 rings (SSSR count). The lowest BCUT2D eigenvalue weighted by Crippen LogP contribution is -2.28. The standard InChI is InChI=1S/C19H21ClOSi/c1-15-9-11-16(12-10-15)19(21,13-14-22(2,3)4)17-7-5-6-8-18(17)20/h5-12,21H,1-4H3. The van der Waals surface area contributed by atoms with E-state index in [9.17, 15) is 5.11 Å². The van der Waals surface area contributed by atoms with Crippen molar-refractivity contribution in [3.8, 4) is 11.5 Å². The molecule has 0 aliphatic heterocycles. The molecule has 1 atom stereocenters. The molecule has 0 aromatic heterocycles. The molecule has 0 aliphatic rings. The quantitative estimate of drug-likeness (QED) is 0.622. The van der Waals surface area contributed by atoms with Crippen molar-refractivity contribution in [1.29, 1.82) is 0 Å². The van der Waals surface area contributed by atoms with E-state index in [2.05, 4.69) is 31.1 Å². The molecule has 1 nitrogen and oxygen atoms in total. The molecule has 0 aliphatic carbocycles. The average molecular weight is 329 g/mol. The van der Waals surface area contributed by atoms with E-state index in [0.29, 0.717) is 10.6 Å². The predicted octanol–water partition coefficient (Wildman–Crippen LogP) is 4.77. The summed E-state index contributed by atoms with van der Waals surface area (Å²) in [6.07, 6.45) is 0. The third-order valence-corrected chi connectivity index (χ3v) is 4.56. The highest BCUT2D eigenvalue weighted by Gasteiger charge is 2.32. The van der Waals surface area contributed by atoms with Crippen LogP contribution in [0.4, 0.5) is 0 Å². The fourth-order valence-electron chi connectivity index (χ4n) is 2.12. The number of aliphatic hydroxyl groups is 1. The summed E-state index contributed by atoms with van der Waals surface area (Å²) in [6, 6.07) is 15.1. The van der Waals surface area contributed by atoms with Gasteiger partial charge in [-0.15, -0.1) is 5.54 Å². The van der Waals surface area contributed by atoms with Crippen LogP contribution in [-0.2, 0) is 5.60 Å². The van der Waals surface area contributed by atoms with E-state index < -0.39 is 13.7 Å². The lowest BCUT2D eigenvalue weighted by Gasteiger charge is -2.25. The molecule has 0 heterocycles. The van der Waals surface area contributed by atoms with E-state index >= 15 is 0 Å². The maximum Gasteiger partial charge on any atom is 0.177 e. The SMILES string of the molecule is Cc1ccc(C(O)(C#C[Si](C)(C)C)c2ccccc2Cl)cc1. The van der Waals surface area contributed by atoms with Crippen LogP contribution in [0.2, 0.25) is 24.7 Å². The Morgan fingerprint density at radius 3 is 2.14 bits per heavy atom. The van der Waals surface area contributed by atoms with Crippen LogP contribution < -0.4 is 0 Å². The minimum Gasteiger partial charge on any atom is -0.369 e.